The molecule has 0 bridgehead atoms. The predicted molar refractivity (Wildman–Crippen MR) is 99.0 cm³/mol. The van der Waals surface area contributed by atoms with Crippen molar-refractivity contribution in [3.8, 4) is 16.9 Å². The number of hydrogen-bond acceptors (Lipinski definition) is 2. The fourth-order valence-corrected chi connectivity index (χ4v) is 3.74. The van der Waals surface area contributed by atoms with Gasteiger partial charge in [0.1, 0.15) is 5.75 Å². The molecule has 0 aliphatic heterocycles. The average Bonchev–Trinajstić information content (AvgIpc) is 2.58. The molecule has 3 aromatic carbocycles. The van der Waals surface area contributed by atoms with Gasteiger partial charge in [0.2, 0.25) is 0 Å². The van der Waals surface area contributed by atoms with Crippen LogP contribution in [0.25, 0.3) is 11.1 Å². The van der Waals surface area contributed by atoms with Crippen molar-refractivity contribution < 1.29 is 5.11 Å². The third-order valence-corrected chi connectivity index (χ3v) is 5.19. The van der Waals surface area contributed by atoms with E-state index in [0.29, 0.717) is 5.75 Å². The molecule has 1 N–H and O–H groups in total. The normalized spacial score (nSPS) is 10.7. The molecule has 0 saturated carbocycles. The highest BCUT2D eigenvalue weighted by Gasteiger charge is 2.08. The lowest BCUT2D eigenvalue weighted by atomic mass is 10.0. The second-order valence-corrected chi connectivity index (χ2v) is 6.73. The molecule has 0 fully saturated rings. The van der Waals surface area contributed by atoms with E-state index in [1.165, 1.54) is 21.6 Å². The zero-order valence-electron chi connectivity index (χ0n) is 13.4. The summed E-state index contributed by atoms with van der Waals surface area (Å²) in [5.41, 5.74) is 5.91. The van der Waals surface area contributed by atoms with Crippen LogP contribution in [0.5, 0.6) is 5.75 Å². The highest BCUT2D eigenvalue weighted by molar-refractivity contribution is 7.98. The summed E-state index contributed by atoms with van der Waals surface area (Å²) in [6.45, 7) is 3.99. The van der Waals surface area contributed by atoms with Crippen molar-refractivity contribution in [2.45, 2.75) is 24.5 Å². The first-order valence-electron chi connectivity index (χ1n) is 7.71. The van der Waals surface area contributed by atoms with Crippen molar-refractivity contribution in [3.05, 3.63) is 83.4 Å². The van der Waals surface area contributed by atoms with Crippen molar-refractivity contribution in [3.63, 3.8) is 0 Å². The monoisotopic (exact) mass is 320 g/mol. The van der Waals surface area contributed by atoms with E-state index in [-0.39, 0.29) is 0 Å². The lowest BCUT2D eigenvalue weighted by molar-refractivity contribution is 0.470. The maximum absolute atomic E-state index is 9.79. The van der Waals surface area contributed by atoms with Crippen LogP contribution in [0.4, 0.5) is 0 Å². The largest absolute Gasteiger partial charge is 0.508 e. The minimum atomic E-state index is 0.372. The van der Waals surface area contributed by atoms with Crippen molar-refractivity contribution in [2.24, 2.45) is 0 Å². The van der Waals surface area contributed by atoms with Crippen LogP contribution in [-0.2, 0) is 5.75 Å². The number of aryl methyl sites for hydroxylation is 2. The van der Waals surface area contributed by atoms with Crippen LogP contribution < -0.4 is 0 Å². The fraction of sp³-hybridized carbons (Fsp3) is 0.143. The molecule has 0 aliphatic carbocycles. The molecule has 0 atom stereocenters. The number of benzene rings is 3. The lowest BCUT2D eigenvalue weighted by Crippen LogP contribution is -1.89. The van der Waals surface area contributed by atoms with Crippen LogP contribution in [0, 0.1) is 13.8 Å². The summed E-state index contributed by atoms with van der Waals surface area (Å²) in [7, 11) is 0. The van der Waals surface area contributed by atoms with Crippen LogP contribution in [0.3, 0.4) is 0 Å². The molecule has 1 nitrogen and oxygen atoms in total. The second-order valence-electron chi connectivity index (χ2n) is 5.72. The van der Waals surface area contributed by atoms with E-state index in [9.17, 15) is 5.11 Å². The van der Waals surface area contributed by atoms with Crippen LogP contribution in [0.1, 0.15) is 16.7 Å². The van der Waals surface area contributed by atoms with Crippen molar-refractivity contribution in [2.75, 3.05) is 0 Å². The maximum Gasteiger partial charge on any atom is 0.118 e. The van der Waals surface area contributed by atoms with Gasteiger partial charge >= 0.3 is 0 Å². The van der Waals surface area contributed by atoms with E-state index in [0.717, 1.165) is 16.9 Å². The average molecular weight is 320 g/mol. The number of rotatable bonds is 4. The third-order valence-electron chi connectivity index (χ3n) is 3.98. The van der Waals surface area contributed by atoms with Gasteiger partial charge in [-0.25, -0.2) is 0 Å². The summed E-state index contributed by atoms with van der Waals surface area (Å²) in [5.74, 6) is 1.28. The van der Waals surface area contributed by atoms with Crippen LogP contribution in [-0.4, -0.2) is 5.11 Å². The standard InChI is InChI=1S/C21H20OS/c1-15-13-21(16(2)12-20(15)22)23-14-18-10-6-7-11-19(18)17-8-4-3-5-9-17/h3-13,22H,14H2,1-2H3. The number of phenolic OH excluding ortho intramolecular Hbond substituents is 1. The first-order chi connectivity index (χ1) is 11.1. The Hall–Kier alpha value is -2.19. The number of hydrogen-bond donors (Lipinski definition) is 1. The Kier molecular flexibility index (Phi) is 4.73. The van der Waals surface area contributed by atoms with Gasteiger partial charge in [0.15, 0.2) is 0 Å². The van der Waals surface area contributed by atoms with Gasteiger partial charge in [-0.1, -0.05) is 54.6 Å². The Morgan fingerprint density at radius 1 is 0.826 bits per heavy atom. The van der Waals surface area contributed by atoms with Crippen LogP contribution >= 0.6 is 11.8 Å². The molecule has 23 heavy (non-hydrogen) atoms. The Bertz CT molecular complexity index is 809. The van der Waals surface area contributed by atoms with Gasteiger partial charge in [-0.15, -0.1) is 11.8 Å². The molecule has 0 aliphatic rings. The molecule has 3 aromatic rings. The SMILES string of the molecule is Cc1cc(SCc2ccccc2-c2ccccc2)c(C)cc1O. The zero-order valence-corrected chi connectivity index (χ0v) is 14.2. The molecular weight excluding hydrogens is 300 g/mol. The Balaban J connectivity index is 1.86. The van der Waals surface area contributed by atoms with Gasteiger partial charge in [-0.05, 0) is 53.8 Å². The third kappa shape index (κ3) is 3.59. The number of phenols is 1. The molecule has 116 valence electrons. The van der Waals surface area contributed by atoms with E-state index in [4.69, 9.17) is 0 Å². The quantitative estimate of drug-likeness (QED) is 0.598. The number of aromatic hydroxyl groups is 1. The van der Waals surface area contributed by atoms with Gasteiger partial charge < -0.3 is 5.11 Å². The molecule has 3 rings (SSSR count). The minimum Gasteiger partial charge on any atom is -0.508 e. The predicted octanol–water partition coefficient (Wildman–Crippen LogP) is 5.97. The topological polar surface area (TPSA) is 20.2 Å². The Morgan fingerprint density at radius 2 is 1.52 bits per heavy atom. The van der Waals surface area contributed by atoms with Gasteiger partial charge in [-0.2, -0.15) is 0 Å². The van der Waals surface area contributed by atoms with Crippen molar-refractivity contribution in [1.29, 1.82) is 0 Å². The van der Waals surface area contributed by atoms with E-state index < -0.39 is 0 Å². The summed E-state index contributed by atoms with van der Waals surface area (Å²) in [5, 5.41) is 9.79. The highest BCUT2D eigenvalue weighted by Crippen LogP contribution is 2.33. The summed E-state index contributed by atoms with van der Waals surface area (Å²) < 4.78 is 0. The molecule has 2 heteroatoms. The molecular formula is C21H20OS. The first-order valence-corrected chi connectivity index (χ1v) is 8.70. The van der Waals surface area contributed by atoms with Crippen LogP contribution in [0.2, 0.25) is 0 Å². The van der Waals surface area contributed by atoms with E-state index in [2.05, 4.69) is 54.6 Å². The molecule has 0 aromatic heterocycles. The van der Waals surface area contributed by atoms with Crippen molar-refractivity contribution in [1.82, 2.24) is 0 Å². The molecule has 0 heterocycles. The second kappa shape index (κ2) is 6.93. The van der Waals surface area contributed by atoms with Crippen molar-refractivity contribution >= 4 is 11.8 Å². The summed E-state index contributed by atoms with van der Waals surface area (Å²) in [4.78, 5) is 1.23. The summed E-state index contributed by atoms with van der Waals surface area (Å²) in [6.07, 6.45) is 0. The van der Waals surface area contributed by atoms with E-state index in [1.807, 2.05) is 37.7 Å². The highest BCUT2D eigenvalue weighted by atomic mass is 32.2. The molecule has 0 saturated heterocycles. The van der Waals surface area contributed by atoms with E-state index in [1.54, 1.807) is 0 Å². The Morgan fingerprint density at radius 3 is 2.30 bits per heavy atom. The first kappa shape index (κ1) is 15.7. The summed E-state index contributed by atoms with van der Waals surface area (Å²) in [6, 6.07) is 23.0. The summed E-state index contributed by atoms with van der Waals surface area (Å²) >= 11 is 1.82. The van der Waals surface area contributed by atoms with Gasteiger partial charge in [0.05, 0.1) is 0 Å². The van der Waals surface area contributed by atoms with E-state index >= 15 is 0 Å². The minimum absolute atomic E-state index is 0.372. The van der Waals surface area contributed by atoms with Gasteiger partial charge in [-0.3, -0.25) is 0 Å². The maximum atomic E-state index is 9.79. The molecule has 0 amide bonds. The zero-order chi connectivity index (χ0) is 16.2. The Labute approximate surface area is 142 Å². The molecule has 0 radical (unpaired) electrons. The molecule has 0 unspecified atom stereocenters. The molecule has 0 spiro atoms. The van der Waals surface area contributed by atoms with Gasteiger partial charge in [0, 0.05) is 10.6 Å². The van der Waals surface area contributed by atoms with Gasteiger partial charge in [0.25, 0.3) is 0 Å². The fourth-order valence-electron chi connectivity index (χ4n) is 2.63. The lowest BCUT2D eigenvalue weighted by Gasteiger charge is -2.12. The smallest absolute Gasteiger partial charge is 0.118 e. The number of thioether (sulfide) groups is 1. The van der Waals surface area contributed by atoms with Crippen LogP contribution in [0.15, 0.2) is 71.6 Å².